The van der Waals surface area contributed by atoms with Crippen LogP contribution in [0.25, 0.3) is 0 Å². The number of pyridine rings is 1. The molecule has 0 radical (unpaired) electrons. The molecule has 0 spiro atoms. The maximum absolute atomic E-state index is 11.9. The monoisotopic (exact) mass is 392 g/mol. The van der Waals surface area contributed by atoms with Crippen molar-refractivity contribution in [3.8, 4) is 11.5 Å². The third kappa shape index (κ3) is 3.22. The second-order valence-electron chi connectivity index (χ2n) is 6.21. The Morgan fingerprint density at radius 3 is 2.81 bits per heavy atom. The zero-order chi connectivity index (χ0) is 18.3. The number of hydrogen-bond donors (Lipinski definition) is 1. The molecule has 1 aliphatic heterocycles. The fourth-order valence-corrected chi connectivity index (χ4v) is 3.80. The molecule has 26 heavy (non-hydrogen) atoms. The van der Waals surface area contributed by atoms with Gasteiger partial charge in [0.2, 0.25) is 0 Å². The molecule has 2 amide bonds. The Hall–Kier alpha value is -2.31. The molecule has 6 nitrogen and oxygen atoms in total. The lowest BCUT2D eigenvalue weighted by Gasteiger charge is -2.26. The number of alkyl carbamates (subject to hydrolysis) is 1. The summed E-state index contributed by atoms with van der Waals surface area (Å²) in [7, 11) is 0. The molecule has 1 saturated heterocycles. The number of cyclic esters (lactones) is 1. The van der Waals surface area contributed by atoms with Gasteiger partial charge in [-0.25, -0.2) is 4.79 Å². The number of halogens is 2. The van der Waals surface area contributed by atoms with Gasteiger partial charge in [0.15, 0.2) is 6.10 Å². The minimum absolute atomic E-state index is 0.252. The van der Waals surface area contributed by atoms with Crippen molar-refractivity contribution in [2.75, 3.05) is 0 Å². The molecule has 2 aliphatic rings. The summed E-state index contributed by atoms with van der Waals surface area (Å²) in [6, 6.07) is 6.87. The van der Waals surface area contributed by atoms with Gasteiger partial charge >= 0.3 is 6.09 Å². The largest absolute Gasteiger partial charge is 0.454 e. The van der Waals surface area contributed by atoms with Gasteiger partial charge in [-0.3, -0.25) is 15.1 Å². The molecule has 0 saturated carbocycles. The smallest absolute Gasteiger partial charge is 0.414 e. The number of carbonyl (C=O) groups excluding carboxylic acids is 2. The van der Waals surface area contributed by atoms with E-state index in [4.69, 9.17) is 32.7 Å². The summed E-state index contributed by atoms with van der Waals surface area (Å²) in [4.78, 5) is 27.7. The number of carbonyl (C=O) groups is 2. The van der Waals surface area contributed by atoms with Gasteiger partial charge in [-0.1, -0.05) is 23.2 Å². The van der Waals surface area contributed by atoms with E-state index in [0.717, 1.165) is 30.5 Å². The molecule has 134 valence electrons. The second kappa shape index (κ2) is 6.78. The lowest BCUT2D eigenvalue weighted by molar-refractivity contribution is -0.124. The van der Waals surface area contributed by atoms with Gasteiger partial charge in [-0.2, -0.15) is 0 Å². The van der Waals surface area contributed by atoms with Gasteiger partial charge in [0, 0.05) is 10.9 Å². The number of fused-ring (bicyclic) bond motifs is 1. The number of aryl methyl sites for hydroxylation is 1. The number of ether oxygens (including phenoxy) is 2. The number of rotatable bonds is 3. The van der Waals surface area contributed by atoms with Crippen molar-refractivity contribution < 1.29 is 19.1 Å². The molecule has 0 bridgehead atoms. The van der Waals surface area contributed by atoms with Crippen LogP contribution in [0.2, 0.25) is 10.0 Å². The number of amides is 2. The van der Waals surface area contributed by atoms with Crippen LogP contribution in [0.4, 0.5) is 4.79 Å². The van der Waals surface area contributed by atoms with E-state index in [1.165, 1.54) is 0 Å². The molecule has 1 aromatic heterocycles. The van der Waals surface area contributed by atoms with Crippen LogP contribution < -0.4 is 10.1 Å². The zero-order valence-corrected chi connectivity index (χ0v) is 15.0. The number of nitrogens with zero attached hydrogens (tertiary/aromatic N) is 1. The van der Waals surface area contributed by atoms with Crippen LogP contribution in [0.5, 0.6) is 11.5 Å². The summed E-state index contributed by atoms with van der Waals surface area (Å²) in [6.45, 7) is 0. The highest BCUT2D eigenvalue weighted by molar-refractivity contribution is 6.35. The molecular formula is C18H14Cl2N2O4. The molecule has 2 heterocycles. The molecule has 1 unspecified atom stereocenters. The third-order valence-electron chi connectivity index (χ3n) is 4.49. The normalized spacial score (nSPS) is 21.8. The van der Waals surface area contributed by atoms with E-state index >= 15 is 0 Å². The Kier molecular flexibility index (Phi) is 4.46. The zero-order valence-electron chi connectivity index (χ0n) is 13.5. The fourth-order valence-electron chi connectivity index (χ4n) is 3.35. The summed E-state index contributed by atoms with van der Waals surface area (Å²) in [5.74, 6) is 0.358. The van der Waals surface area contributed by atoms with Crippen molar-refractivity contribution in [1.82, 2.24) is 10.3 Å². The summed E-state index contributed by atoms with van der Waals surface area (Å²) in [5, 5.41) is 3.10. The number of hydrogen-bond acceptors (Lipinski definition) is 5. The highest BCUT2D eigenvalue weighted by atomic mass is 35.5. The molecule has 1 fully saturated rings. The number of aromatic nitrogens is 1. The Labute approximate surface area is 159 Å². The van der Waals surface area contributed by atoms with Gasteiger partial charge in [0.25, 0.3) is 5.91 Å². The lowest BCUT2D eigenvalue weighted by Crippen LogP contribution is -2.32. The van der Waals surface area contributed by atoms with Crippen LogP contribution in [-0.2, 0) is 16.0 Å². The maximum Gasteiger partial charge on any atom is 0.414 e. The van der Waals surface area contributed by atoms with Gasteiger partial charge < -0.3 is 9.47 Å². The minimum atomic E-state index is -0.827. The molecule has 8 heteroatoms. The molecule has 1 aromatic carbocycles. The van der Waals surface area contributed by atoms with E-state index < -0.39 is 18.1 Å². The van der Waals surface area contributed by atoms with Crippen LogP contribution in [0.3, 0.4) is 0 Å². The summed E-state index contributed by atoms with van der Waals surface area (Å²) >= 11 is 12.0. The van der Waals surface area contributed by atoms with Gasteiger partial charge in [0.05, 0.1) is 16.9 Å². The van der Waals surface area contributed by atoms with Crippen molar-refractivity contribution in [3.63, 3.8) is 0 Å². The van der Waals surface area contributed by atoms with Crippen LogP contribution in [0.1, 0.15) is 30.0 Å². The predicted octanol–water partition coefficient (Wildman–Crippen LogP) is 4.24. The third-order valence-corrected chi connectivity index (χ3v) is 5.02. The van der Waals surface area contributed by atoms with Gasteiger partial charge in [0.1, 0.15) is 11.5 Å². The maximum atomic E-state index is 11.9. The van der Waals surface area contributed by atoms with E-state index in [2.05, 4.69) is 10.3 Å². The average molecular weight is 393 g/mol. The van der Waals surface area contributed by atoms with Crippen molar-refractivity contribution in [3.05, 3.63) is 51.8 Å². The fraction of sp³-hybridized carbons (Fsp3) is 0.278. The first-order valence-corrected chi connectivity index (χ1v) is 8.90. The number of nitrogens with one attached hydrogen (secondary N) is 1. The Bertz CT molecular complexity index is 903. The topological polar surface area (TPSA) is 77.5 Å². The van der Waals surface area contributed by atoms with E-state index in [1.807, 2.05) is 6.07 Å². The van der Waals surface area contributed by atoms with Crippen LogP contribution >= 0.6 is 23.2 Å². The van der Waals surface area contributed by atoms with E-state index in [9.17, 15) is 9.59 Å². The van der Waals surface area contributed by atoms with E-state index in [-0.39, 0.29) is 5.92 Å². The second-order valence-corrected chi connectivity index (χ2v) is 7.05. The summed E-state index contributed by atoms with van der Waals surface area (Å²) in [6.07, 6.45) is 2.46. The van der Waals surface area contributed by atoms with Gasteiger partial charge in [-0.15, -0.1) is 0 Å². The Morgan fingerprint density at radius 2 is 2.08 bits per heavy atom. The predicted molar refractivity (Wildman–Crippen MR) is 94.9 cm³/mol. The quantitative estimate of drug-likeness (QED) is 0.844. The first-order valence-electron chi connectivity index (χ1n) is 8.14. The average Bonchev–Trinajstić information content (AvgIpc) is 2.95. The highest BCUT2D eigenvalue weighted by Gasteiger charge is 2.41. The van der Waals surface area contributed by atoms with Crippen LogP contribution in [0, 0.1) is 0 Å². The standard InChI is InChI=1S/C18H14Cl2N2O4/c19-10-4-5-14(13(20)7-10)25-11-6-9-2-1-3-12(15(9)21-8-11)16-17(23)22-18(24)26-16/h4-8,12,16H,1-3H2,(H,22,23,24)/t12-,16?/m0/s1. The Balaban J connectivity index is 1.60. The first kappa shape index (κ1) is 17.1. The van der Waals surface area contributed by atoms with E-state index in [1.54, 1.807) is 24.4 Å². The summed E-state index contributed by atoms with van der Waals surface area (Å²) < 4.78 is 10.9. The van der Waals surface area contributed by atoms with Gasteiger partial charge in [-0.05, 0) is 49.1 Å². The highest BCUT2D eigenvalue weighted by Crippen LogP contribution is 2.38. The Morgan fingerprint density at radius 1 is 1.23 bits per heavy atom. The molecule has 1 N–H and O–H groups in total. The summed E-state index contributed by atoms with van der Waals surface area (Å²) in [5.41, 5.74) is 1.74. The molecule has 4 rings (SSSR count). The van der Waals surface area contributed by atoms with Crippen LogP contribution in [0.15, 0.2) is 30.5 Å². The van der Waals surface area contributed by atoms with Crippen molar-refractivity contribution in [1.29, 1.82) is 0 Å². The first-order chi connectivity index (χ1) is 12.5. The van der Waals surface area contributed by atoms with Crippen LogP contribution in [-0.4, -0.2) is 23.1 Å². The number of imide groups is 1. The van der Waals surface area contributed by atoms with Crippen molar-refractivity contribution in [2.45, 2.75) is 31.3 Å². The minimum Gasteiger partial charge on any atom is -0.454 e. The van der Waals surface area contributed by atoms with Crippen molar-refractivity contribution >= 4 is 35.2 Å². The number of benzene rings is 1. The molecule has 2 atom stereocenters. The molecular weight excluding hydrogens is 379 g/mol. The molecule has 2 aromatic rings. The van der Waals surface area contributed by atoms with Crippen molar-refractivity contribution in [2.24, 2.45) is 0 Å². The SMILES string of the molecule is O=C1NC(=O)C([C@H]2CCCc3cc(Oc4ccc(Cl)cc4Cl)cnc32)O1. The lowest BCUT2D eigenvalue weighted by atomic mass is 9.83. The van der Waals surface area contributed by atoms with E-state index in [0.29, 0.717) is 21.5 Å². The molecule has 1 aliphatic carbocycles.